The van der Waals surface area contributed by atoms with Crippen molar-refractivity contribution in [3.8, 4) is 0 Å². The number of likely N-dealkylation sites (tertiary alicyclic amines) is 1. The number of halogens is 2. The van der Waals surface area contributed by atoms with Gasteiger partial charge in [-0.05, 0) is 32.9 Å². The Kier molecular flexibility index (Phi) is 4.40. The number of amides is 1. The zero-order valence-corrected chi connectivity index (χ0v) is 11.7. The van der Waals surface area contributed by atoms with Crippen molar-refractivity contribution in [2.45, 2.75) is 31.2 Å². The van der Waals surface area contributed by atoms with E-state index in [0.29, 0.717) is 19.0 Å². The third-order valence-corrected chi connectivity index (χ3v) is 3.96. The van der Waals surface area contributed by atoms with Crippen LogP contribution in [0.4, 0.5) is 8.78 Å². The zero-order valence-electron chi connectivity index (χ0n) is 11.7. The van der Waals surface area contributed by atoms with E-state index in [0.717, 1.165) is 19.4 Å². The minimum atomic E-state index is -2.73. The van der Waals surface area contributed by atoms with Crippen molar-refractivity contribution < 1.29 is 13.6 Å². The Labute approximate surface area is 113 Å². The van der Waals surface area contributed by atoms with Gasteiger partial charge in [-0.15, -0.1) is 0 Å². The van der Waals surface area contributed by atoms with Crippen LogP contribution in [-0.4, -0.2) is 67.9 Å². The van der Waals surface area contributed by atoms with Gasteiger partial charge in [0.25, 0.3) is 5.92 Å². The second-order valence-electron chi connectivity index (χ2n) is 6.02. The van der Waals surface area contributed by atoms with E-state index in [1.807, 2.05) is 14.1 Å². The summed E-state index contributed by atoms with van der Waals surface area (Å²) in [5, 5.41) is 2.64. The van der Waals surface area contributed by atoms with Gasteiger partial charge in [0.2, 0.25) is 5.91 Å². The third kappa shape index (κ3) is 3.86. The Morgan fingerprint density at radius 3 is 2.47 bits per heavy atom. The number of carbonyl (C=O) groups excluding carboxylic acids is 1. The van der Waals surface area contributed by atoms with Crippen LogP contribution in [0.1, 0.15) is 19.3 Å². The van der Waals surface area contributed by atoms with Crippen LogP contribution in [0, 0.1) is 5.92 Å². The first-order valence-electron chi connectivity index (χ1n) is 6.92. The van der Waals surface area contributed by atoms with Gasteiger partial charge in [-0.2, -0.15) is 0 Å². The number of nitrogens with zero attached hydrogens (tertiary/aromatic N) is 2. The van der Waals surface area contributed by atoms with Gasteiger partial charge < -0.3 is 9.80 Å². The summed E-state index contributed by atoms with van der Waals surface area (Å²) < 4.78 is 26.2. The van der Waals surface area contributed by atoms with Crippen LogP contribution in [0.25, 0.3) is 0 Å². The minimum Gasteiger partial charge on any atom is -0.341 e. The van der Waals surface area contributed by atoms with Crippen molar-refractivity contribution >= 4 is 5.91 Å². The number of piperidine rings is 1. The van der Waals surface area contributed by atoms with Crippen molar-refractivity contribution in [2.24, 2.45) is 5.92 Å². The van der Waals surface area contributed by atoms with E-state index in [1.165, 1.54) is 0 Å². The van der Waals surface area contributed by atoms with Gasteiger partial charge in [-0.3, -0.25) is 10.1 Å². The molecule has 2 aliphatic heterocycles. The summed E-state index contributed by atoms with van der Waals surface area (Å²) in [7, 11) is 4.09. The molecule has 1 amide bonds. The SMILES string of the molecule is CN(C)CC1CCN(C(=O)C2CC(F)(F)CN2)CC1. The third-order valence-electron chi connectivity index (χ3n) is 3.96. The van der Waals surface area contributed by atoms with Crippen molar-refractivity contribution in [2.75, 3.05) is 40.3 Å². The van der Waals surface area contributed by atoms with E-state index in [1.54, 1.807) is 4.90 Å². The predicted octanol–water partition coefficient (Wildman–Crippen LogP) is 0.784. The van der Waals surface area contributed by atoms with Crippen LogP contribution in [0.2, 0.25) is 0 Å². The molecule has 1 unspecified atom stereocenters. The van der Waals surface area contributed by atoms with Gasteiger partial charge in [-0.25, -0.2) is 8.78 Å². The number of nitrogens with one attached hydrogen (secondary N) is 1. The molecule has 19 heavy (non-hydrogen) atoms. The van der Waals surface area contributed by atoms with E-state index in [-0.39, 0.29) is 18.9 Å². The van der Waals surface area contributed by atoms with Crippen LogP contribution in [-0.2, 0) is 4.79 Å². The lowest BCUT2D eigenvalue weighted by atomic mass is 9.96. The van der Waals surface area contributed by atoms with Crippen molar-refractivity contribution in [3.05, 3.63) is 0 Å². The summed E-state index contributed by atoms with van der Waals surface area (Å²) in [6.07, 6.45) is 1.57. The number of carbonyl (C=O) groups is 1. The highest BCUT2D eigenvalue weighted by atomic mass is 19.3. The minimum absolute atomic E-state index is 0.152. The molecular weight excluding hydrogens is 252 g/mol. The Balaban J connectivity index is 1.80. The van der Waals surface area contributed by atoms with Gasteiger partial charge in [0.15, 0.2) is 0 Å². The fraction of sp³-hybridized carbons (Fsp3) is 0.923. The second kappa shape index (κ2) is 5.71. The Hall–Kier alpha value is -0.750. The molecule has 6 heteroatoms. The number of rotatable bonds is 3. The summed E-state index contributed by atoms with van der Waals surface area (Å²) in [5.74, 6) is -2.28. The van der Waals surface area contributed by atoms with Crippen molar-refractivity contribution in [3.63, 3.8) is 0 Å². The van der Waals surface area contributed by atoms with Gasteiger partial charge in [-0.1, -0.05) is 0 Å². The molecule has 2 saturated heterocycles. The van der Waals surface area contributed by atoms with Crippen LogP contribution in [0.5, 0.6) is 0 Å². The molecule has 0 aromatic rings. The highest BCUT2D eigenvalue weighted by Gasteiger charge is 2.43. The Morgan fingerprint density at radius 1 is 1.37 bits per heavy atom. The van der Waals surface area contributed by atoms with Crippen LogP contribution >= 0.6 is 0 Å². The molecule has 0 saturated carbocycles. The van der Waals surface area contributed by atoms with Gasteiger partial charge in [0, 0.05) is 26.1 Å². The van der Waals surface area contributed by atoms with Crippen LogP contribution < -0.4 is 5.32 Å². The maximum atomic E-state index is 13.1. The molecule has 1 atom stereocenters. The average molecular weight is 275 g/mol. The maximum Gasteiger partial charge on any atom is 0.262 e. The van der Waals surface area contributed by atoms with Gasteiger partial charge in [0.1, 0.15) is 0 Å². The Bertz CT molecular complexity index is 328. The molecule has 110 valence electrons. The fourth-order valence-electron chi connectivity index (χ4n) is 2.96. The molecule has 2 heterocycles. The Morgan fingerprint density at radius 2 is 2.00 bits per heavy atom. The van der Waals surface area contributed by atoms with Gasteiger partial charge >= 0.3 is 0 Å². The monoisotopic (exact) mass is 275 g/mol. The van der Waals surface area contributed by atoms with E-state index < -0.39 is 12.0 Å². The zero-order chi connectivity index (χ0) is 14.0. The smallest absolute Gasteiger partial charge is 0.262 e. The van der Waals surface area contributed by atoms with E-state index in [4.69, 9.17) is 0 Å². The summed E-state index contributed by atoms with van der Waals surface area (Å²) in [6.45, 7) is 2.05. The maximum absolute atomic E-state index is 13.1. The largest absolute Gasteiger partial charge is 0.341 e. The molecule has 2 fully saturated rings. The summed E-state index contributed by atoms with van der Waals surface area (Å²) in [4.78, 5) is 16.0. The number of hydrogen-bond donors (Lipinski definition) is 1. The lowest BCUT2D eigenvalue weighted by molar-refractivity contribution is -0.135. The first-order valence-corrected chi connectivity index (χ1v) is 6.92. The standard InChI is InChI=1S/C13H23F2N3O/c1-17(2)8-10-3-5-18(6-4-10)12(19)11-7-13(14,15)9-16-11/h10-11,16H,3-9H2,1-2H3. The van der Waals surface area contributed by atoms with Crippen molar-refractivity contribution in [1.82, 2.24) is 15.1 Å². The van der Waals surface area contributed by atoms with Crippen LogP contribution in [0.15, 0.2) is 0 Å². The topological polar surface area (TPSA) is 35.6 Å². The summed E-state index contributed by atoms with van der Waals surface area (Å²) >= 11 is 0. The normalized spacial score (nSPS) is 28.1. The fourth-order valence-corrected chi connectivity index (χ4v) is 2.96. The second-order valence-corrected chi connectivity index (χ2v) is 6.02. The molecule has 0 aliphatic carbocycles. The quantitative estimate of drug-likeness (QED) is 0.827. The van der Waals surface area contributed by atoms with E-state index in [2.05, 4.69) is 10.2 Å². The van der Waals surface area contributed by atoms with Crippen molar-refractivity contribution in [1.29, 1.82) is 0 Å². The highest BCUT2D eigenvalue weighted by molar-refractivity contribution is 5.82. The van der Waals surface area contributed by atoms with Gasteiger partial charge in [0.05, 0.1) is 12.6 Å². The molecule has 0 aromatic heterocycles. The molecule has 0 spiro atoms. The van der Waals surface area contributed by atoms with E-state index in [9.17, 15) is 13.6 Å². The molecule has 2 aliphatic rings. The summed E-state index contributed by atoms with van der Waals surface area (Å²) in [6, 6.07) is -0.694. The summed E-state index contributed by atoms with van der Waals surface area (Å²) in [5.41, 5.74) is 0. The lowest BCUT2D eigenvalue weighted by Crippen LogP contribution is -2.47. The number of alkyl halides is 2. The highest BCUT2D eigenvalue weighted by Crippen LogP contribution is 2.27. The average Bonchev–Trinajstić information content (AvgIpc) is 2.69. The molecular formula is C13H23F2N3O. The molecule has 2 rings (SSSR count). The molecule has 0 bridgehead atoms. The lowest BCUT2D eigenvalue weighted by Gasteiger charge is -2.34. The molecule has 4 nitrogen and oxygen atoms in total. The number of hydrogen-bond acceptors (Lipinski definition) is 3. The van der Waals surface area contributed by atoms with E-state index >= 15 is 0 Å². The first-order chi connectivity index (χ1) is 8.87. The molecule has 1 N–H and O–H groups in total. The predicted molar refractivity (Wildman–Crippen MR) is 69.2 cm³/mol. The first kappa shape index (κ1) is 14.7. The van der Waals surface area contributed by atoms with Crippen LogP contribution in [0.3, 0.4) is 0 Å². The molecule has 0 aromatic carbocycles. The molecule has 0 radical (unpaired) electrons.